The summed E-state index contributed by atoms with van der Waals surface area (Å²) in [7, 11) is 0. The van der Waals surface area contributed by atoms with Gasteiger partial charge in [0, 0.05) is 6.20 Å². The summed E-state index contributed by atoms with van der Waals surface area (Å²) in [6, 6.07) is 0. The van der Waals surface area contributed by atoms with Crippen molar-refractivity contribution in [3.63, 3.8) is 0 Å². The number of nitrogens with zero attached hydrogens (tertiary/aromatic N) is 2. The Hall–Kier alpha value is -0.800. The van der Waals surface area contributed by atoms with E-state index in [9.17, 15) is 15.0 Å². The van der Waals surface area contributed by atoms with Crippen LogP contribution in [-0.2, 0) is 0 Å². The first-order chi connectivity index (χ1) is 8.45. The van der Waals surface area contributed by atoms with Crippen molar-refractivity contribution in [3.8, 4) is 0 Å². The normalized spacial score (nSPS) is 31.8. The largest absolute Gasteiger partial charge is 0.395 e. The summed E-state index contributed by atoms with van der Waals surface area (Å²) < 4.78 is 1.10. The minimum atomic E-state index is -1.19. The van der Waals surface area contributed by atoms with E-state index in [2.05, 4.69) is 4.98 Å². The summed E-state index contributed by atoms with van der Waals surface area (Å²) in [5, 5.41) is 27.3. The Bertz CT molecular complexity index is 511. The number of anilines is 1. The van der Waals surface area contributed by atoms with Crippen molar-refractivity contribution in [1.29, 1.82) is 0 Å². The highest BCUT2D eigenvalue weighted by Gasteiger charge is 2.43. The summed E-state index contributed by atoms with van der Waals surface area (Å²) in [6.07, 6.45) is -1.04. The van der Waals surface area contributed by atoms with Crippen molar-refractivity contribution in [3.05, 3.63) is 21.7 Å². The lowest BCUT2D eigenvalue weighted by atomic mass is 10.1. The number of hydrogen-bond acceptors (Lipinski definition) is 7. The molecule has 1 saturated heterocycles. The molecule has 4 atom stereocenters. The van der Waals surface area contributed by atoms with Crippen LogP contribution in [-0.4, -0.2) is 48.9 Å². The molecule has 0 bridgehead atoms. The van der Waals surface area contributed by atoms with Crippen LogP contribution in [0.5, 0.6) is 0 Å². The molecule has 0 unspecified atom stereocenters. The summed E-state index contributed by atoms with van der Waals surface area (Å²) in [4.78, 5) is 15.2. The first-order valence-electron chi connectivity index (χ1n) is 5.12. The maximum Gasteiger partial charge on any atom is 0.350 e. The van der Waals surface area contributed by atoms with Crippen LogP contribution in [0.1, 0.15) is 5.37 Å². The second kappa shape index (κ2) is 5.06. The smallest absolute Gasteiger partial charge is 0.350 e. The van der Waals surface area contributed by atoms with Crippen molar-refractivity contribution < 1.29 is 15.3 Å². The number of hydrogen-bond donors (Lipinski definition) is 4. The van der Waals surface area contributed by atoms with E-state index < -0.39 is 28.5 Å². The van der Waals surface area contributed by atoms with E-state index in [0.29, 0.717) is 0 Å². The molecule has 2 rings (SSSR count). The molecule has 0 amide bonds. The van der Waals surface area contributed by atoms with Gasteiger partial charge < -0.3 is 21.1 Å². The number of halogens is 1. The minimum Gasteiger partial charge on any atom is -0.395 e. The Balaban J connectivity index is 2.39. The second-order valence-corrected chi connectivity index (χ2v) is 5.66. The van der Waals surface area contributed by atoms with Crippen LogP contribution < -0.4 is 11.4 Å². The zero-order valence-corrected chi connectivity index (χ0v) is 10.7. The van der Waals surface area contributed by atoms with Crippen LogP contribution in [0, 0.1) is 0 Å². The molecular weight excluding hydrogens is 282 g/mol. The average Bonchev–Trinajstić information content (AvgIpc) is 2.61. The Kier molecular flexibility index (Phi) is 3.83. The molecule has 2 heterocycles. The fraction of sp³-hybridized carbons (Fsp3) is 0.556. The molecule has 1 aliphatic rings. The number of aromatic nitrogens is 2. The van der Waals surface area contributed by atoms with Gasteiger partial charge in [-0.15, -0.1) is 11.8 Å². The maximum atomic E-state index is 11.7. The first-order valence-corrected chi connectivity index (χ1v) is 6.44. The quantitative estimate of drug-likeness (QED) is 0.541. The summed E-state index contributed by atoms with van der Waals surface area (Å²) in [6.45, 7) is -0.301. The van der Waals surface area contributed by atoms with Gasteiger partial charge in [-0.2, -0.15) is 4.98 Å². The lowest BCUT2D eigenvalue weighted by Gasteiger charge is -2.17. The fourth-order valence-electron chi connectivity index (χ4n) is 1.75. The second-order valence-electron chi connectivity index (χ2n) is 3.89. The van der Waals surface area contributed by atoms with Crippen LogP contribution in [0.2, 0.25) is 5.02 Å². The number of aliphatic hydroxyl groups excluding tert-OH is 3. The Morgan fingerprint density at radius 2 is 2.17 bits per heavy atom. The predicted octanol–water partition coefficient (Wildman–Crippen LogP) is -1.19. The molecule has 1 aromatic heterocycles. The van der Waals surface area contributed by atoms with Crippen molar-refractivity contribution >= 4 is 29.2 Å². The van der Waals surface area contributed by atoms with Crippen molar-refractivity contribution in [1.82, 2.24) is 9.55 Å². The van der Waals surface area contributed by atoms with Gasteiger partial charge in [-0.05, 0) is 0 Å². The zero-order chi connectivity index (χ0) is 13.4. The molecular formula is C9H12ClN3O4S. The molecule has 0 aliphatic carbocycles. The van der Waals surface area contributed by atoms with Crippen LogP contribution in [0.25, 0.3) is 0 Å². The number of aliphatic hydroxyl groups is 3. The average molecular weight is 294 g/mol. The van der Waals surface area contributed by atoms with Gasteiger partial charge in [0.2, 0.25) is 0 Å². The molecule has 1 aromatic rings. The number of thioether (sulfide) groups is 1. The van der Waals surface area contributed by atoms with E-state index in [1.165, 1.54) is 6.20 Å². The van der Waals surface area contributed by atoms with Crippen LogP contribution in [0.15, 0.2) is 11.0 Å². The van der Waals surface area contributed by atoms with Gasteiger partial charge in [0.25, 0.3) is 0 Å². The van der Waals surface area contributed by atoms with E-state index in [-0.39, 0.29) is 17.4 Å². The van der Waals surface area contributed by atoms with Crippen LogP contribution >= 0.6 is 23.4 Å². The van der Waals surface area contributed by atoms with Crippen LogP contribution in [0.4, 0.5) is 5.82 Å². The van der Waals surface area contributed by atoms with Gasteiger partial charge in [-0.1, -0.05) is 11.6 Å². The van der Waals surface area contributed by atoms with Gasteiger partial charge in [0.1, 0.15) is 17.3 Å². The molecule has 5 N–H and O–H groups in total. The molecule has 0 aromatic carbocycles. The van der Waals surface area contributed by atoms with Gasteiger partial charge in [-0.25, -0.2) is 4.79 Å². The third-order valence-corrected chi connectivity index (χ3v) is 4.58. The number of nitrogens with two attached hydrogens (primary N) is 1. The first kappa shape index (κ1) is 13.6. The third kappa shape index (κ3) is 2.21. The van der Waals surface area contributed by atoms with Gasteiger partial charge in [-0.3, -0.25) is 4.57 Å². The highest BCUT2D eigenvalue weighted by atomic mass is 35.5. The molecule has 9 heteroatoms. The summed E-state index contributed by atoms with van der Waals surface area (Å²) in [5.74, 6) is -0.0883. The molecule has 7 nitrogen and oxygen atoms in total. The van der Waals surface area contributed by atoms with E-state index in [1.54, 1.807) is 0 Å². The van der Waals surface area contributed by atoms with Crippen molar-refractivity contribution in [2.45, 2.75) is 22.8 Å². The Morgan fingerprint density at radius 3 is 2.72 bits per heavy atom. The van der Waals surface area contributed by atoms with Gasteiger partial charge in [0.15, 0.2) is 0 Å². The highest BCUT2D eigenvalue weighted by Crippen LogP contribution is 2.41. The van der Waals surface area contributed by atoms with Gasteiger partial charge in [0.05, 0.1) is 23.0 Å². The molecule has 0 saturated carbocycles. The SMILES string of the molecule is Nc1nc(=O)n([C@@H]2S[C@H](CO)[C@@H](O)[C@@H]2O)cc1Cl. The highest BCUT2D eigenvalue weighted by molar-refractivity contribution is 8.00. The molecule has 0 radical (unpaired) electrons. The molecule has 100 valence electrons. The standard InChI is InChI=1S/C9H12ClN3O4S/c10-3-1-13(9(17)12-7(3)11)8-6(16)5(15)4(2-14)18-8/h1,4-6,8,14-16H,2H2,(H2,11,12,17)/t4-,5-,6+,8-/m1/s1. The van der Waals surface area contributed by atoms with Crippen molar-refractivity contribution in [2.75, 3.05) is 12.3 Å². The molecule has 18 heavy (non-hydrogen) atoms. The van der Waals surface area contributed by atoms with E-state index in [0.717, 1.165) is 16.3 Å². The van der Waals surface area contributed by atoms with E-state index in [4.69, 9.17) is 22.4 Å². The summed E-state index contributed by atoms with van der Waals surface area (Å²) in [5.41, 5.74) is 4.72. The Labute approximate surface area is 111 Å². The Morgan fingerprint density at radius 1 is 1.50 bits per heavy atom. The van der Waals surface area contributed by atoms with E-state index in [1.807, 2.05) is 0 Å². The van der Waals surface area contributed by atoms with E-state index >= 15 is 0 Å². The molecule has 0 spiro atoms. The number of nitrogen functional groups attached to an aromatic ring is 1. The summed E-state index contributed by atoms with van der Waals surface area (Å²) >= 11 is 6.85. The van der Waals surface area contributed by atoms with Gasteiger partial charge >= 0.3 is 5.69 Å². The van der Waals surface area contributed by atoms with Crippen molar-refractivity contribution in [2.24, 2.45) is 0 Å². The maximum absolute atomic E-state index is 11.7. The fourth-order valence-corrected chi connectivity index (χ4v) is 3.27. The number of rotatable bonds is 2. The van der Waals surface area contributed by atoms with Crippen LogP contribution in [0.3, 0.4) is 0 Å². The third-order valence-electron chi connectivity index (χ3n) is 2.73. The minimum absolute atomic E-state index is 0.0874. The predicted molar refractivity (Wildman–Crippen MR) is 67.4 cm³/mol. The topological polar surface area (TPSA) is 122 Å². The zero-order valence-electron chi connectivity index (χ0n) is 9.10. The molecule has 1 fully saturated rings. The lowest BCUT2D eigenvalue weighted by Crippen LogP contribution is -2.36. The lowest BCUT2D eigenvalue weighted by molar-refractivity contribution is 0.0101. The molecule has 1 aliphatic heterocycles. The monoisotopic (exact) mass is 293 g/mol.